The molecule has 0 heterocycles. The number of amides is 2. The molecule has 2 fully saturated rings. The smallest absolute Gasteiger partial charge is 0.319 e. The molecule has 0 saturated heterocycles. The van der Waals surface area contributed by atoms with Crippen LogP contribution in [0.4, 0.5) is 10.5 Å². The Bertz CT molecular complexity index is 543. The molecule has 2 amide bonds. The molecule has 0 bridgehead atoms. The van der Waals surface area contributed by atoms with Crippen LogP contribution in [0.15, 0.2) is 24.3 Å². The molecular formula is C16H20N2O3. The lowest BCUT2D eigenvalue weighted by atomic mass is 9.96. The van der Waals surface area contributed by atoms with Gasteiger partial charge in [0.25, 0.3) is 0 Å². The third-order valence-electron chi connectivity index (χ3n) is 4.55. The molecular weight excluding hydrogens is 268 g/mol. The highest BCUT2D eigenvalue weighted by Gasteiger charge is 2.51. The van der Waals surface area contributed by atoms with E-state index < -0.39 is 11.4 Å². The molecule has 112 valence electrons. The zero-order chi connectivity index (χ0) is 14.9. The van der Waals surface area contributed by atoms with Crippen LogP contribution in [0.25, 0.3) is 0 Å². The van der Waals surface area contributed by atoms with Gasteiger partial charge < -0.3 is 15.7 Å². The molecule has 2 aliphatic rings. The summed E-state index contributed by atoms with van der Waals surface area (Å²) in [6.07, 6.45) is 5.84. The standard InChI is InChI=1S/C16H20N2O3/c19-14(20)16(9-10-16)11-5-7-13(8-6-11)18-15(21)17-12-3-1-2-4-12/h5-8,12H,1-4,9-10H2,(H,19,20)(H2,17,18,21). The number of carbonyl (C=O) groups is 2. The molecule has 5 heteroatoms. The van der Waals surface area contributed by atoms with Gasteiger partial charge in [0.2, 0.25) is 0 Å². The number of aliphatic carboxylic acids is 1. The van der Waals surface area contributed by atoms with Crippen LogP contribution in [0, 0.1) is 0 Å². The van der Waals surface area contributed by atoms with Crippen molar-refractivity contribution in [2.24, 2.45) is 0 Å². The van der Waals surface area contributed by atoms with E-state index in [0.29, 0.717) is 18.5 Å². The molecule has 0 atom stereocenters. The molecule has 3 rings (SSSR count). The highest BCUT2D eigenvalue weighted by Crippen LogP contribution is 2.48. The Labute approximate surface area is 123 Å². The van der Waals surface area contributed by atoms with Gasteiger partial charge in [0.1, 0.15) is 0 Å². The van der Waals surface area contributed by atoms with Crippen molar-refractivity contribution in [3.63, 3.8) is 0 Å². The first-order valence-corrected chi connectivity index (χ1v) is 7.52. The fourth-order valence-electron chi connectivity index (χ4n) is 3.05. The van der Waals surface area contributed by atoms with E-state index in [1.54, 1.807) is 24.3 Å². The summed E-state index contributed by atoms with van der Waals surface area (Å²) in [6, 6.07) is 7.23. The van der Waals surface area contributed by atoms with Gasteiger partial charge in [-0.3, -0.25) is 4.79 Å². The van der Waals surface area contributed by atoms with Gasteiger partial charge in [0, 0.05) is 11.7 Å². The molecule has 0 aromatic heterocycles. The minimum absolute atomic E-state index is 0.186. The largest absolute Gasteiger partial charge is 0.481 e. The van der Waals surface area contributed by atoms with Gasteiger partial charge >= 0.3 is 12.0 Å². The maximum Gasteiger partial charge on any atom is 0.319 e. The lowest BCUT2D eigenvalue weighted by Gasteiger charge is -2.14. The molecule has 1 aromatic rings. The van der Waals surface area contributed by atoms with Gasteiger partial charge in [-0.15, -0.1) is 0 Å². The molecule has 3 N–H and O–H groups in total. The van der Waals surface area contributed by atoms with Crippen molar-refractivity contribution in [1.29, 1.82) is 0 Å². The molecule has 1 aromatic carbocycles. The van der Waals surface area contributed by atoms with Gasteiger partial charge in [-0.05, 0) is 43.4 Å². The first kappa shape index (κ1) is 13.9. The maximum atomic E-state index is 11.9. The van der Waals surface area contributed by atoms with Crippen LogP contribution in [0.3, 0.4) is 0 Å². The topological polar surface area (TPSA) is 78.4 Å². The van der Waals surface area contributed by atoms with Crippen LogP contribution >= 0.6 is 0 Å². The molecule has 0 aliphatic heterocycles. The summed E-state index contributed by atoms with van der Waals surface area (Å²) in [7, 11) is 0. The second-order valence-corrected chi connectivity index (χ2v) is 6.04. The summed E-state index contributed by atoms with van der Waals surface area (Å²) in [4.78, 5) is 23.1. The number of nitrogens with one attached hydrogen (secondary N) is 2. The van der Waals surface area contributed by atoms with Gasteiger partial charge in [0.15, 0.2) is 0 Å². The Morgan fingerprint density at radius 3 is 2.24 bits per heavy atom. The third kappa shape index (κ3) is 2.86. The number of anilines is 1. The Morgan fingerprint density at radius 1 is 1.10 bits per heavy atom. The lowest BCUT2D eigenvalue weighted by Crippen LogP contribution is -2.36. The molecule has 2 aliphatic carbocycles. The van der Waals surface area contributed by atoms with Crippen LogP contribution < -0.4 is 10.6 Å². The average Bonchev–Trinajstić information content (AvgIpc) is 3.12. The predicted molar refractivity (Wildman–Crippen MR) is 79.4 cm³/mol. The third-order valence-corrected chi connectivity index (χ3v) is 4.55. The zero-order valence-electron chi connectivity index (χ0n) is 11.9. The molecule has 21 heavy (non-hydrogen) atoms. The van der Waals surface area contributed by atoms with Crippen molar-refractivity contribution in [3.05, 3.63) is 29.8 Å². The summed E-state index contributed by atoms with van der Waals surface area (Å²) in [5.41, 5.74) is 0.817. The first-order chi connectivity index (χ1) is 10.1. The second kappa shape index (κ2) is 5.39. The normalized spacial score (nSPS) is 20.0. The summed E-state index contributed by atoms with van der Waals surface area (Å²) in [6.45, 7) is 0. The van der Waals surface area contributed by atoms with Crippen molar-refractivity contribution in [2.45, 2.75) is 50.0 Å². The molecule has 0 radical (unpaired) electrons. The fraction of sp³-hybridized carbons (Fsp3) is 0.500. The van der Waals surface area contributed by atoms with Gasteiger partial charge in [0.05, 0.1) is 5.41 Å². The monoisotopic (exact) mass is 288 g/mol. The summed E-state index contributed by atoms with van der Waals surface area (Å²) >= 11 is 0. The first-order valence-electron chi connectivity index (χ1n) is 7.52. The van der Waals surface area contributed by atoms with Crippen molar-refractivity contribution in [2.75, 3.05) is 5.32 Å². The van der Waals surface area contributed by atoms with Crippen molar-refractivity contribution in [3.8, 4) is 0 Å². The number of hydrogen-bond acceptors (Lipinski definition) is 2. The number of carbonyl (C=O) groups excluding carboxylic acids is 1. The van der Waals surface area contributed by atoms with Crippen LogP contribution in [0.1, 0.15) is 44.1 Å². The highest BCUT2D eigenvalue weighted by molar-refractivity contribution is 5.90. The van der Waals surface area contributed by atoms with Crippen LogP contribution in [-0.2, 0) is 10.2 Å². The molecule has 0 unspecified atom stereocenters. The quantitative estimate of drug-likeness (QED) is 0.797. The van der Waals surface area contributed by atoms with E-state index in [1.165, 1.54) is 12.8 Å². The van der Waals surface area contributed by atoms with Crippen LogP contribution in [0.2, 0.25) is 0 Å². The van der Waals surface area contributed by atoms with E-state index in [1.807, 2.05) is 0 Å². The van der Waals surface area contributed by atoms with Crippen LogP contribution in [-0.4, -0.2) is 23.1 Å². The Balaban J connectivity index is 1.59. The van der Waals surface area contributed by atoms with Crippen molar-refractivity contribution >= 4 is 17.7 Å². The minimum Gasteiger partial charge on any atom is -0.481 e. The van der Waals surface area contributed by atoms with Gasteiger partial charge in [-0.2, -0.15) is 0 Å². The summed E-state index contributed by atoms with van der Waals surface area (Å²) < 4.78 is 0. The number of rotatable bonds is 4. The van der Waals surface area contributed by atoms with E-state index in [-0.39, 0.29) is 12.1 Å². The van der Waals surface area contributed by atoms with E-state index >= 15 is 0 Å². The van der Waals surface area contributed by atoms with E-state index in [0.717, 1.165) is 18.4 Å². The molecule has 0 spiro atoms. The van der Waals surface area contributed by atoms with E-state index in [9.17, 15) is 14.7 Å². The number of benzene rings is 1. The summed E-state index contributed by atoms with van der Waals surface area (Å²) in [5.74, 6) is -0.762. The Hall–Kier alpha value is -2.04. The Morgan fingerprint density at radius 2 is 1.71 bits per heavy atom. The number of hydrogen-bond donors (Lipinski definition) is 3. The Kier molecular flexibility index (Phi) is 3.57. The minimum atomic E-state index is -0.762. The SMILES string of the molecule is O=C(Nc1ccc(C2(C(=O)O)CC2)cc1)NC1CCCC1. The lowest BCUT2D eigenvalue weighted by molar-refractivity contribution is -0.140. The number of carboxylic acid groups (broad SMARTS) is 1. The average molecular weight is 288 g/mol. The zero-order valence-corrected chi connectivity index (χ0v) is 11.9. The molecule has 2 saturated carbocycles. The van der Waals surface area contributed by atoms with E-state index in [4.69, 9.17) is 0 Å². The fourth-order valence-corrected chi connectivity index (χ4v) is 3.05. The van der Waals surface area contributed by atoms with Crippen molar-refractivity contribution in [1.82, 2.24) is 5.32 Å². The molecule has 5 nitrogen and oxygen atoms in total. The maximum absolute atomic E-state index is 11.9. The van der Waals surface area contributed by atoms with Gasteiger partial charge in [-0.1, -0.05) is 25.0 Å². The summed E-state index contributed by atoms with van der Waals surface area (Å²) in [5, 5.41) is 15.0. The second-order valence-electron chi connectivity index (χ2n) is 6.04. The highest BCUT2D eigenvalue weighted by atomic mass is 16.4. The van der Waals surface area contributed by atoms with Crippen molar-refractivity contribution < 1.29 is 14.7 Å². The predicted octanol–water partition coefficient (Wildman–Crippen LogP) is 2.87. The number of carboxylic acids is 1. The number of urea groups is 1. The van der Waals surface area contributed by atoms with Gasteiger partial charge in [-0.25, -0.2) is 4.79 Å². The van der Waals surface area contributed by atoms with E-state index in [2.05, 4.69) is 10.6 Å². The van der Waals surface area contributed by atoms with Crippen LogP contribution in [0.5, 0.6) is 0 Å².